The normalized spacial score (nSPS) is 23.0. The summed E-state index contributed by atoms with van der Waals surface area (Å²) in [5.74, 6) is 0.276. The van der Waals surface area contributed by atoms with Crippen molar-refractivity contribution in [2.45, 2.75) is 11.2 Å². The average molecular weight is 376 g/mol. The summed E-state index contributed by atoms with van der Waals surface area (Å²) in [4.78, 5) is 18.3. The Bertz CT molecular complexity index is 919. The van der Waals surface area contributed by atoms with E-state index in [0.717, 1.165) is 0 Å². The van der Waals surface area contributed by atoms with Gasteiger partial charge >= 0.3 is 0 Å². The third kappa shape index (κ3) is 2.57. The van der Waals surface area contributed by atoms with Crippen LogP contribution in [0.1, 0.15) is 16.9 Å². The van der Waals surface area contributed by atoms with E-state index in [1.165, 1.54) is 4.68 Å². The van der Waals surface area contributed by atoms with Crippen molar-refractivity contribution in [2.24, 2.45) is 13.0 Å². The molecular formula is C17H20N4O4S. The SMILES string of the molecule is Cn1nccc1C(=O)N1CC2(C1)[C@H](COc1ccccn1)CCS2(=O)=O. The highest BCUT2D eigenvalue weighted by atomic mass is 32.2. The molecule has 9 heteroatoms. The second-order valence-electron chi connectivity index (χ2n) is 6.85. The minimum Gasteiger partial charge on any atom is -0.477 e. The van der Waals surface area contributed by atoms with Gasteiger partial charge in [0, 0.05) is 44.5 Å². The highest BCUT2D eigenvalue weighted by Crippen LogP contribution is 2.45. The number of likely N-dealkylation sites (tertiary alicyclic amines) is 1. The molecule has 1 amide bonds. The van der Waals surface area contributed by atoms with Crippen molar-refractivity contribution in [1.82, 2.24) is 19.7 Å². The van der Waals surface area contributed by atoms with Crippen LogP contribution in [0, 0.1) is 5.92 Å². The van der Waals surface area contributed by atoms with Crippen molar-refractivity contribution < 1.29 is 17.9 Å². The number of pyridine rings is 1. The maximum Gasteiger partial charge on any atom is 0.272 e. The fourth-order valence-corrected chi connectivity index (χ4v) is 6.22. The van der Waals surface area contributed by atoms with E-state index in [9.17, 15) is 13.2 Å². The number of aromatic nitrogens is 3. The number of amides is 1. The lowest BCUT2D eigenvalue weighted by atomic mass is 9.83. The molecule has 2 aliphatic rings. The number of hydrogen-bond acceptors (Lipinski definition) is 6. The van der Waals surface area contributed by atoms with Crippen molar-refractivity contribution in [2.75, 3.05) is 25.4 Å². The standard InChI is InChI=1S/C17H20N4O4S/c1-20-14(5-8-19-20)16(22)21-11-17(12-21)13(6-9-26(17,23)24)10-25-15-4-2-3-7-18-15/h2-5,7-8,13H,6,9-12H2,1H3/t13-/m0/s1. The van der Waals surface area contributed by atoms with Crippen LogP contribution >= 0.6 is 0 Å². The molecule has 0 N–H and O–H groups in total. The summed E-state index contributed by atoms with van der Waals surface area (Å²) in [5.41, 5.74) is 0.455. The van der Waals surface area contributed by atoms with Crippen molar-refractivity contribution in [3.63, 3.8) is 0 Å². The second kappa shape index (κ2) is 6.08. The number of rotatable bonds is 4. The van der Waals surface area contributed by atoms with Gasteiger partial charge < -0.3 is 9.64 Å². The number of aryl methyl sites for hydroxylation is 1. The summed E-state index contributed by atoms with van der Waals surface area (Å²) in [7, 11) is -1.57. The molecule has 4 heterocycles. The van der Waals surface area contributed by atoms with E-state index in [1.807, 2.05) is 6.07 Å². The summed E-state index contributed by atoms with van der Waals surface area (Å²) in [6.07, 6.45) is 3.73. The molecule has 138 valence electrons. The van der Waals surface area contributed by atoms with E-state index < -0.39 is 14.6 Å². The van der Waals surface area contributed by atoms with Gasteiger partial charge in [0.25, 0.3) is 5.91 Å². The first kappa shape index (κ1) is 17.0. The number of carbonyl (C=O) groups excluding carboxylic acids is 1. The fraction of sp³-hybridized carbons (Fsp3) is 0.471. The highest BCUT2D eigenvalue weighted by molar-refractivity contribution is 7.93. The molecule has 0 radical (unpaired) electrons. The maximum absolute atomic E-state index is 12.7. The first-order valence-electron chi connectivity index (χ1n) is 8.46. The Balaban J connectivity index is 1.48. The summed E-state index contributed by atoms with van der Waals surface area (Å²) in [6.45, 7) is 0.690. The zero-order valence-electron chi connectivity index (χ0n) is 14.4. The zero-order chi connectivity index (χ0) is 18.4. The lowest BCUT2D eigenvalue weighted by molar-refractivity contribution is 0.0397. The van der Waals surface area contributed by atoms with Gasteiger partial charge in [0.2, 0.25) is 5.88 Å². The monoisotopic (exact) mass is 376 g/mol. The number of carbonyl (C=O) groups is 1. The smallest absolute Gasteiger partial charge is 0.272 e. The van der Waals surface area contributed by atoms with Crippen LogP contribution in [0.4, 0.5) is 0 Å². The third-order valence-electron chi connectivity index (χ3n) is 5.41. The first-order valence-corrected chi connectivity index (χ1v) is 10.1. The molecule has 0 bridgehead atoms. The van der Waals surface area contributed by atoms with Crippen molar-refractivity contribution >= 4 is 15.7 Å². The molecule has 2 aromatic heterocycles. The number of hydrogen-bond donors (Lipinski definition) is 0. The van der Waals surface area contributed by atoms with Crippen molar-refractivity contribution in [1.29, 1.82) is 0 Å². The average Bonchev–Trinajstić information content (AvgIpc) is 3.12. The van der Waals surface area contributed by atoms with E-state index in [-0.39, 0.29) is 37.3 Å². The molecule has 2 saturated heterocycles. The predicted octanol–water partition coefficient (Wildman–Crippen LogP) is 0.523. The van der Waals surface area contributed by atoms with E-state index >= 15 is 0 Å². The molecule has 1 atom stereocenters. The molecule has 2 aromatic rings. The van der Waals surface area contributed by atoms with Gasteiger partial charge in [0.05, 0.1) is 12.4 Å². The molecule has 1 spiro atoms. The lowest BCUT2D eigenvalue weighted by Gasteiger charge is -2.49. The van der Waals surface area contributed by atoms with E-state index in [1.54, 1.807) is 42.5 Å². The second-order valence-corrected chi connectivity index (χ2v) is 9.30. The highest BCUT2D eigenvalue weighted by Gasteiger charge is 2.62. The maximum atomic E-state index is 12.7. The molecule has 26 heavy (non-hydrogen) atoms. The fourth-order valence-electron chi connectivity index (χ4n) is 3.82. The van der Waals surface area contributed by atoms with Crippen LogP contribution in [-0.4, -0.2) is 64.2 Å². The molecule has 0 saturated carbocycles. The molecule has 0 aliphatic carbocycles. The minimum atomic E-state index is -3.27. The molecular weight excluding hydrogens is 356 g/mol. The quantitative estimate of drug-likeness (QED) is 0.772. The van der Waals surface area contributed by atoms with E-state index in [0.29, 0.717) is 18.0 Å². The molecule has 2 aliphatic heterocycles. The van der Waals surface area contributed by atoms with E-state index in [2.05, 4.69) is 10.1 Å². The van der Waals surface area contributed by atoms with Gasteiger partial charge in [0.1, 0.15) is 10.4 Å². The van der Waals surface area contributed by atoms with Crippen LogP contribution in [0.25, 0.3) is 0 Å². The topological polar surface area (TPSA) is 94.4 Å². The van der Waals surface area contributed by atoms with Crippen LogP contribution in [0.3, 0.4) is 0 Å². The van der Waals surface area contributed by atoms with E-state index in [4.69, 9.17) is 4.74 Å². The summed E-state index contributed by atoms with van der Waals surface area (Å²) >= 11 is 0. The number of sulfone groups is 1. The minimum absolute atomic E-state index is 0.136. The molecule has 8 nitrogen and oxygen atoms in total. The Morgan fingerprint density at radius 1 is 1.31 bits per heavy atom. The van der Waals surface area contributed by atoms with Crippen LogP contribution < -0.4 is 4.74 Å². The molecule has 2 fully saturated rings. The van der Waals surface area contributed by atoms with Gasteiger partial charge in [-0.05, 0) is 18.6 Å². The van der Waals surface area contributed by atoms with Crippen molar-refractivity contribution in [3.8, 4) is 5.88 Å². The summed E-state index contributed by atoms with van der Waals surface area (Å²) in [6, 6.07) is 7.00. The molecule has 0 unspecified atom stereocenters. The number of nitrogens with zero attached hydrogens (tertiary/aromatic N) is 4. The largest absolute Gasteiger partial charge is 0.477 e. The number of ether oxygens (including phenoxy) is 1. The van der Waals surface area contributed by atoms with Crippen molar-refractivity contribution in [3.05, 3.63) is 42.4 Å². The summed E-state index contributed by atoms with van der Waals surface area (Å²) < 4.78 is 31.7. The van der Waals surface area contributed by atoms with Gasteiger partial charge in [0.15, 0.2) is 9.84 Å². The first-order chi connectivity index (χ1) is 12.4. The van der Waals surface area contributed by atoms with Gasteiger partial charge in [-0.3, -0.25) is 9.48 Å². The van der Waals surface area contributed by atoms with Gasteiger partial charge in [-0.1, -0.05) is 6.07 Å². The van der Waals surface area contributed by atoms with Crippen LogP contribution in [0.15, 0.2) is 36.7 Å². The van der Waals surface area contributed by atoms with Crippen LogP contribution in [0.5, 0.6) is 5.88 Å². The zero-order valence-corrected chi connectivity index (χ0v) is 15.2. The lowest BCUT2D eigenvalue weighted by Crippen LogP contribution is -2.69. The predicted molar refractivity (Wildman–Crippen MR) is 93.5 cm³/mol. The van der Waals surface area contributed by atoms with Gasteiger partial charge in [-0.2, -0.15) is 5.10 Å². The molecule has 0 aromatic carbocycles. The molecule has 4 rings (SSSR count). The van der Waals surface area contributed by atoms with Crippen LogP contribution in [0.2, 0.25) is 0 Å². The third-order valence-corrected chi connectivity index (χ3v) is 8.02. The summed E-state index contributed by atoms with van der Waals surface area (Å²) in [5, 5.41) is 4.00. The Labute approximate surface area is 151 Å². The Hall–Kier alpha value is -2.42. The van der Waals surface area contributed by atoms with Gasteiger partial charge in [-0.25, -0.2) is 13.4 Å². The Morgan fingerprint density at radius 3 is 2.77 bits per heavy atom. The Kier molecular flexibility index (Phi) is 3.98. The Morgan fingerprint density at radius 2 is 2.12 bits per heavy atom. The van der Waals surface area contributed by atoms with Crippen LogP contribution in [-0.2, 0) is 16.9 Å². The van der Waals surface area contributed by atoms with Gasteiger partial charge in [-0.15, -0.1) is 0 Å².